The SMILES string of the molecule is CC(C)NCc1ccn(CC(=O)N2CCOCC2)c1. The van der Waals surface area contributed by atoms with Gasteiger partial charge in [0.25, 0.3) is 0 Å². The molecular formula is C14H23N3O2. The topological polar surface area (TPSA) is 46.5 Å². The van der Waals surface area contributed by atoms with Gasteiger partial charge < -0.3 is 19.5 Å². The fourth-order valence-corrected chi connectivity index (χ4v) is 2.08. The molecule has 1 aromatic rings. The van der Waals surface area contributed by atoms with Gasteiger partial charge >= 0.3 is 0 Å². The molecule has 1 fully saturated rings. The lowest BCUT2D eigenvalue weighted by Crippen LogP contribution is -2.42. The number of rotatable bonds is 5. The highest BCUT2D eigenvalue weighted by Crippen LogP contribution is 2.04. The van der Waals surface area contributed by atoms with Gasteiger partial charge in [-0.1, -0.05) is 13.8 Å². The van der Waals surface area contributed by atoms with Crippen molar-refractivity contribution in [1.82, 2.24) is 14.8 Å². The van der Waals surface area contributed by atoms with E-state index in [9.17, 15) is 4.79 Å². The van der Waals surface area contributed by atoms with E-state index < -0.39 is 0 Å². The predicted octanol–water partition coefficient (Wildman–Crippen LogP) is 0.845. The third-order valence-corrected chi connectivity index (χ3v) is 3.21. The van der Waals surface area contributed by atoms with Crippen LogP contribution in [0.5, 0.6) is 0 Å². The lowest BCUT2D eigenvalue weighted by molar-refractivity contribution is -0.135. The minimum atomic E-state index is 0.169. The van der Waals surface area contributed by atoms with Crippen molar-refractivity contribution in [3.05, 3.63) is 24.0 Å². The maximum Gasteiger partial charge on any atom is 0.242 e. The number of hydrogen-bond donors (Lipinski definition) is 1. The van der Waals surface area contributed by atoms with Gasteiger partial charge in [-0.25, -0.2) is 0 Å². The molecule has 1 saturated heterocycles. The zero-order chi connectivity index (χ0) is 13.7. The van der Waals surface area contributed by atoms with Gasteiger partial charge in [0.15, 0.2) is 0 Å². The number of nitrogens with zero attached hydrogens (tertiary/aromatic N) is 2. The van der Waals surface area contributed by atoms with Gasteiger partial charge in [0.2, 0.25) is 5.91 Å². The van der Waals surface area contributed by atoms with Crippen LogP contribution in [-0.2, 0) is 22.6 Å². The summed E-state index contributed by atoms with van der Waals surface area (Å²) in [6.45, 7) is 8.24. The van der Waals surface area contributed by atoms with E-state index in [1.54, 1.807) is 0 Å². The Morgan fingerprint density at radius 2 is 2.16 bits per heavy atom. The third-order valence-electron chi connectivity index (χ3n) is 3.21. The fraction of sp³-hybridized carbons (Fsp3) is 0.643. The van der Waals surface area contributed by atoms with Crippen molar-refractivity contribution in [2.75, 3.05) is 26.3 Å². The summed E-state index contributed by atoms with van der Waals surface area (Å²) in [6.07, 6.45) is 4.00. The van der Waals surface area contributed by atoms with Crippen LogP contribution < -0.4 is 5.32 Å². The highest BCUT2D eigenvalue weighted by molar-refractivity contribution is 5.76. The molecule has 0 spiro atoms. The Morgan fingerprint density at radius 1 is 1.42 bits per heavy atom. The molecule has 1 aromatic heterocycles. The summed E-state index contributed by atoms with van der Waals surface area (Å²) in [5.74, 6) is 0.169. The summed E-state index contributed by atoms with van der Waals surface area (Å²) < 4.78 is 7.20. The van der Waals surface area contributed by atoms with E-state index in [1.807, 2.05) is 21.9 Å². The summed E-state index contributed by atoms with van der Waals surface area (Å²) in [4.78, 5) is 13.9. The van der Waals surface area contributed by atoms with Crippen molar-refractivity contribution in [3.8, 4) is 0 Å². The van der Waals surface area contributed by atoms with Crippen LogP contribution in [-0.4, -0.2) is 47.7 Å². The first-order valence-electron chi connectivity index (χ1n) is 6.88. The number of ether oxygens (including phenoxy) is 1. The van der Waals surface area contributed by atoms with Crippen LogP contribution in [0, 0.1) is 0 Å². The second-order valence-corrected chi connectivity index (χ2v) is 5.22. The normalized spacial score (nSPS) is 16.1. The van der Waals surface area contributed by atoms with Gasteiger partial charge in [-0.05, 0) is 11.6 Å². The molecule has 1 N–H and O–H groups in total. The van der Waals surface area contributed by atoms with Crippen molar-refractivity contribution in [2.45, 2.75) is 33.0 Å². The molecule has 1 amide bonds. The Hall–Kier alpha value is -1.33. The highest BCUT2D eigenvalue weighted by Gasteiger charge is 2.16. The molecule has 5 nitrogen and oxygen atoms in total. The zero-order valence-electron chi connectivity index (χ0n) is 11.8. The van der Waals surface area contributed by atoms with Gasteiger partial charge in [0, 0.05) is 38.1 Å². The Kier molecular flexibility index (Phi) is 4.99. The van der Waals surface area contributed by atoms with Gasteiger partial charge in [-0.2, -0.15) is 0 Å². The maximum atomic E-state index is 12.1. The van der Waals surface area contributed by atoms with E-state index in [-0.39, 0.29) is 5.91 Å². The fourth-order valence-electron chi connectivity index (χ4n) is 2.08. The van der Waals surface area contributed by atoms with E-state index >= 15 is 0 Å². The molecule has 106 valence electrons. The molecule has 0 bridgehead atoms. The van der Waals surface area contributed by atoms with Gasteiger partial charge in [0.05, 0.1) is 13.2 Å². The lowest BCUT2D eigenvalue weighted by Gasteiger charge is -2.26. The number of amides is 1. The van der Waals surface area contributed by atoms with Crippen LogP contribution in [0.1, 0.15) is 19.4 Å². The van der Waals surface area contributed by atoms with E-state index in [2.05, 4.69) is 25.2 Å². The van der Waals surface area contributed by atoms with Crippen LogP contribution in [0.4, 0.5) is 0 Å². The van der Waals surface area contributed by atoms with Crippen molar-refractivity contribution < 1.29 is 9.53 Å². The monoisotopic (exact) mass is 265 g/mol. The first-order valence-corrected chi connectivity index (χ1v) is 6.88. The lowest BCUT2D eigenvalue weighted by atomic mass is 10.3. The molecule has 19 heavy (non-hydrogen) atoms. The molecule has 0 atom stereocenters. The number of morpholine rings is 1. The maximum absolute atomic E-state index is 12.1. The number of nitrogens with one attached hydrogen (secondary N) is 1. The summed E-state index contributed by atoms with van der Waals surface area (Å²) in [5, 5.41) is 3.37. The van der Waals surface area contributed by atoms with Crippen LogP contribution in [0.15, 0.2) is 18.5 Å². The van der Waals surface area contributed by atoms with Crippen LogP contribution in [0.2, 0.25) is 0 Å². The number of carbonyl (C=O) groups is 1. The first kappa shape index (κ1) is 14.1. The average molecular weight is 265 g/mol. The number of carbonyl (C=O) groups excluding carboxylic acids is 1. The van der Waals surface area contributed by atoms with Crippen LogP contribution in [0.25, 0.3) is 0 Å². The average Bonchev–Trinajstić information content (AvgIpc) is 2.85. The number of hydrogen-bond acceptors (Lipinski definition) is 3. The first-order chi connectivity index (χ1) is 9.15. The van der Waals surface area contributed by atoms with E-state index in [0.717, 1.165) is 6.54 Å². The zero-order valence-corrected chi connectivity index (χ0v) is 11.8. The Morgan fingerprint density at radius 3 is 2.84 bits per heavy atom. The summed E-state index contributed by atoms with van der Waals surface area (Å²) in [6, 6.07) is 2.53. The van der Waals surface area contributed by atoms with E-state index in [0.29, 0.717) is 38.9 Å². The molecule has 0 saturated carbocycles. The minimum absolute atomic E-state index is 0.169. The number of aromatic nitrogens is 1. The predicted molar refractivity (Wildman–Crippen MR) is 73.8 cm³/mol. The van der Waals surface area contributed by atoms with Crippen molar-refractivity contribution >= 4 is 5.91 Å². The summed E-state index contributed by atoms with van der Waals surface area (Å²) in [5.41, 5.74) is 1.21. The molecule has 5 heteroatoms. The van der Waals surface area contributed by atoms with Crippen LogP contribution in [0.3, 0.4) is 0 Å². The molecule has 0 radical (unpaired) electrons. The molecule has 1 aliphatic rings. The van der Waals surface area contributed by atoms with Crippen LogP contribution >= 0.6 is 0 Å². The smallest absolute Gasteiger partial charge is 0.242 e. The molecule has 0 aromatic carbocycles. The van der Waals surface area contributed by atoms with Gasteiger partial charge in [-0.15, -0.1) is 0 Å². The Balaban J connectivity index is 1.83. The Bertz CT molecular complexity index is 409. The second kappa shape index (κ2) is 6.73. The van der Waals surface area contributed by atoms with E-state index in [1.165, 1.54) is 5.56 Å². The molecular weight excluding hydrogens is 242 g/mol. The Labute approximate surface area is 114 Å². The largest absolute Gasteiger partial charge is 0.378 e. The third kappa shape index (κ3) is 4.36. The van der Waals surface area contributed by atoms with Crippen molar-refractivity contribution in [1.29, 1.82) is 0 Å². The van der Waals surface area contributed by atoms with Crippen molar-refractivity contribution in [3.63, 3.8) is 0 Å². The summed E-state index contributed by atoms with van der Waals surface area (Å²) >= 11 is 0. The highest BCUT2D eigenvalue weighted by atomic mass is 16.5. The van der Waals surface area contributed by atoms with Gasteiger partial charge in [-0.3, -0.25) is 4.79 Å². The quantitative estimate of drug-likeness (QED) is 0.858. The second-order valence-electron chi connectivity index (χ2n) is 5.22. The van der Waals surface area contributed by atoms with Crippen molar-refractivity contribution in [2.24, 2.45) is 0 Å². The minimum Gasteiger partial charge on any atom is -0.378 e. The molecule has 2 rings (SSSR count). The molecule has 1 aliphatic heterocycles. The molecule has 0 unspecified atom stereocenters. The standard InChI is InChI=1S/C14H23N3O2/c1-12(2)15-9-13-3-4-16(10-13)11-14(18)17-5-7-19-8-6-17/h3-4,10,12,15H,5-9,11H2,1-2H3. The molecule has 2 heterocycles. The molecule has 0 aliphatic carbocycles. The van der Waals surface area contributed by atoms with Gasteiger partial charge in [0.1, 0.15) is 6.54 Å². The summed E-state index contributed by atoms with van der Waals surface area (Å²) in [7, 11) is 0. The van der Waals surface area contributed by atoms with E-state index in [4.69, 9.17) is 4.74 Å².